The normalized spacial score (nSPS) is 12.8. The molecule has 0 aliphatic heterocycles. The number of methoxy groups -OCH3 is 1. The molecule has 1 aromatic carbocycles. The van der Waals surface area contributed by atoms with Crippen molar-refractivity contribution in [1.29, 1.82) is 0 Å². The Morgan fingerprint density at radius 3 is 2.73 bits per heavy atom. The van der Waals surface area contributed by atoms with Crippen LogP contribution < -0.4 is 10.6 Å². The molecule has 33 heavy (non-hydrogen) atoms. The van der Waals surface area contributed by atoms with Gasteiger partial charge in [-0.1, -0.05) is 6.07 Å². The van der Waals surface area contributed by atoms with Crippen LogP contribution in [-0.4, -0.2) is 47.5 Å². The van der Waals surface area contributed by atoms with Crippen molar-refractivity contribution in [3.8, 4) is 22.4 Å². The number of hydrogen-bond acceptors (Lipinski definition) is 7. The number of pyridine rings is 1. The van der Waals surface area contributed by atoms with Crippen LogP contribution >= 0.6 is 0 Å². The molecule has 2 aromatic heterocycles. The zero-order chi connectivity index (χ0) is 23.2. The topological polar surface area (TPSA) is 115 Å². The molecule has 1 aliphatic rings. The van der Waals surface area contributed by atoms with Gasteiger partial charge < -0.3 is 14.8 Å². The quantitative estimate of drug-likeness (QED) is 0.535. The summed E-state index contributed by atoms with van der Waals surface area (Å²) in [5, 5.41) is 13.9. The highest BCUT2D eigenvalue weighted by molar-refractivity contribution is 5.92. The molecule has 0 unspecified atom stereocenters. The number of ether oxygens (including phenoxy) is 2. The molecule has 1 saturated carbocycles. The van der Waals surface area contributed by atoms with Crippen LogP contribution in [0.4, 0.5) is 16.3 Å². The smallest absolute Gasteiger partial charge is 0.412 e. The lowest BCUT2D eigenvalue weighted by Gasteiger charge is -2.11. The van der Waals surface area contributed by atoms with E-state index in [1.807, 2.05) is 37.3 Å². The van der Waals surface area contributed by atoms with E-state index in [4.69, 9.17) is 4.74 Å². The molecule has 0 radical (unpaired) electrons. The van der Waals surface area contributed by atoms with Gasteiger partial charge in [0.05, 0.1) is 25.6 Å². The van der Waals surface area contributed by atoms with Gasteiger partial charge in [-0.05, 0) is 67.1 Å². The van der Waals surface area contributed by atoms with Crippen molar-refractivity contribution in [2.45, 2.75) is 19.8 Å². The van der Waals surface area contributed by atoms with E-state index in [-0.39, 0.29) is 12.5 Å². The van der Waals surface area contributed by atoms with Gasteiger partial charge in [-0.15, -0.1) is 0 Å². The second kappa shape index (κ2) is 10.2. The predicted molar refractivity (Wildman–Crippen MR) is 124 cm³/mol. The number of aryl methyl sites for hydroxylation is 1. The van der Waals surface area contributed by atoms with Gasteiger partial charge in [-0.2, -0.15) is 10.2 Å². The molecule has 2 N–H and O–H groups in total. The number of carbonyl (C=O) groups is 2. The van der Waals surface area contributed by atoms with E-state index in [9.17, 15) is 9.59 Å². The maximum Gasteiger partial charge on any atom is 0.412 e. The summed E-state index contributed by atoms with van der Waals surface area (Å²) in [4.78, 5) is 27.8. The molecule has 2 heterocycles. The van der Waals surface area contributed by atoms with E-state index in [1.165, 1.54) is 20.0 Å². The van der Waals surface area contributed by atoms with E-state index in [0.717, 1.165) is 22.3 Å². The number of anilines is 2. The first-order chi connectivity index (χ1) is 16.0. The summed E-state index contributed by atoms with van der Waals surface area (Å²) in [6.45, 7) is 2.65. The van der Waals surface area contributed by atoms with Gasteiger partial charge in [-0.25, -0.2) is 9.78 Å². The zero-order valence-corrected chi connectivity index (χ0v) is 18.5. The fourth-order valence-electron chi connectivity index (χ4n) is 3.27. The lowest BCUT2D eigenvalue weighted by Crippen LogP contribution is -2.19. The molecule has 9 heteroatoms. The number of nitrogens with zero attached hydrogens (tertiary/aromatic N) is 3. The summed E-state index contributed by atoms with van der Waals surface area (Å²) in [6.07, 6.45) is 5.00. The standard InChI is InChI=1S/C24H25N5O4/c1-15-3-6-19(27-23(30)14-33-13-16-4-5-16)11-20(15)21-9-18(12-26-29-21)17-7-8-25-22(10-17)28-24(31)32-2/h3,6-12,16H,4-5,13-14H2,1-2H3,(H,27,30)(H,25,28,31). The lowest BCUT2D eigenvalue weighted by molar-refractivity contribution is -0.120. The Morgan fingerprint density at radius 2 is 1.94 bits per heavy atom. The fraction of sp³-hybridized carbons (Fsp3) is 0.292. The van der Waals surface area contributed by atoms with Crippen molar-refractivity contribution in [2.24, 2.45) is 5.92 Å². The number of amides is 2. The summed E-state index contributed by atoms with van der Waals surface area (Å²) in [6, 6.07) is 11.1. The van der Waals surface area contributed by atoms with Crippen LogP contribution in [0.3, 0.4) is 0 Å². The summed E-state index contributed by atoms with van der Waals surface area (Å²) in [5.41, 5.74) is 4.77. The SMILES string of the molecule is COC(=O)Nc1cc(-c2cnnc(-c3cc(NC(=O)COCC4CC4)ccc3C)c2)ccn1. The number of nitrogens with one attached hydrogen (secondary N) is 2. The summed E-state index contributed by atoms with van der Waals surface area (Å²) in [5.74, 6) is 0.789. The first-order valence-electron chi connectivity index (χ1n) is 10.6. The molecule has 4 rings (SSSR count). The Labute approximate surface area is 191 Å². The Morgan fingerprint density at radius 1 is 1.09 bits per heavy atom. The maximum atomic E-state index is 12.2. The number of hydrogen-bond donors (Lipinski definition) is 2. The van der Waals surface area contributed by atoms with E-state index in [2.05, 4.69) is 30.6 Å². The molecule has 2 amide bonds. The molecule has 0 saturated heterocycles. The third-order valence-corrected chi connectivity index (χ3v) is 5.24. The maximum absolute atomic E-state index is 12.2. The van der Waals surface area contributed by atoms with Crippen LogP contribution in [0.2, 0.25) is 0 Å². The van der Waals surface area contributed by atoms with Gasteiger partial charge >= 0.3 is 6.09 Å². The van der Waals surface area contributed by atoms with Crippen molar-refractivity contribution in [3.05, 3.63) is 54.4 Å². The molecule has 170 valence electrons. The average molecular weight is 447 g/mol. The van der Waals surface area contributed by atoms with Crippen molar-refractivity contribution in [3.63, 3.8) is 0 Å². The highest BCUT2D eigenvalue weighted by Crippen LogP contribution is 2.30. The van der Waals surface area contributed by atoms with E-state index < -0.39 is 6.09 Å². The Hall–Kier alpha value is -3.85. The van der Waals surface area contributed by atoms with E-state index >= 15 is 0 Å². The summed E-state index contributed by atoms with van der Waals surface area (Å²) < 4.78 is 10.1. The molecule has 1 aliphatic carbocycles. The molecule has 3 aromatic rings. The first kappa shape index (κ1) is 22.3. The third-order valence-electron chi connectivity index (χ3n) is 5.24. The van der Waals surface area contributed by atoms with Crippen molar-refractivity contribution in [2.75, 3.05) is 31.0 Å². The van der Waals surface area contributed by atoms with E-state index in [0.29, 0.717) is 29.7 Å². The van der Waals surface area contributed by atoms with Crippen LogP contribution in [0.15, 0.2) is 48.8 Å². The highest BCUT2D eigenvalue weighted by Gasteiger charge is 2.21. The van der Waals surface area contributed by atoms with Crippen molar-refractivity contribution in [1.82, 2.24) is 15.2 Å². The first-order valence-corrected chi connectivity index (χ1v) is 10.6. The number of aromatic nitrogens is 3. The number of carbonyl (C=O) groups excluding carboxylic acids is 2. The minimum atomic E-state index is -0.597. The average Bonchev–Trinajstić information content (AvgIpc) is 3.65. The molecular weight excluding hydrogens is 422 g/mol. The minimum absolute atomic E-state index is 0.0407. The van der Waals surface area contributed by atoms with Crippen molar-refractivity contribution >= 4 is 23.5 Å². The van der Waals surface area contributed by atoms with Gasteiger partial charge in [0.1, 0.15) is 12.4 Å². The lowest BCUT2D eigenvalue weighted by atomic mass is 10.0. The van der Waals surface area contributed by atoms with Gasteiger partial charge in [0.15, 0.2) is 0 Å². The zero-order valence-electron chi connectivity index (χ0n) is 18.5. The molecular formula is C24H25N5O4. The third kappa shape index (κ3) is 6.11. The van der Waals surface area contributed by atoms with Crippen LogP contribution in [0.1, 0.15) is 18.4 Å². The second-order valence-electron chi connectivity index (χ2n) is 7.91. The van der Waals surface area contributed by atoms with Gasteiger partial charge in [0.25, 0.3) is 0 Å². The number of rotatable bonds is 8. The summed E-state index contributed by atoms with van der Waals surface area (Å²) in [7, 11) is 1.29. The van der Waals surface area contributed by atoms with Crippen LogP contribution in [-0.2, 0) is 14.3 Å². The highest BCUT2D eigenvalue weighted by atomic mass is 16.5. The van der Waals surface area contributed by atoms with Crippen LogP contribution in [0, 0.1) is 12.8 Å². The monoisotopic (exact) mass is 447 g/mol. The molecule has 0 atom stereocenters. The predicted octanol–water partition coefficient (Wildman–Crippen LogP) is 4.06. The minimum Gasteiger partial charge on any atom is -0.453 e. The molecule has 1 fully saturated rings. The van der Waals surface area contributed by atoms with Crippen molar-refractivity contribution < 1.29 is 19.1 Å². The van der Waals surface area contributed by atoms with Crippen LogP contribution in [0.5, 0.6) is 0 Å². The van der Waals surface area contributed by atoms with Gasteiger partial charge in [-0.3, -0.25) is 10.1 Å². The van der Waals surface area contributed by atoms with Crippen LogP contribution in [0.25, 0.3) is 22.4 Å². The van der Waals surface area contributed by atoms with Gasteiger partial charge in [0, 0.05) is 23.0 Å². The van der Waals surface area contributed by atoms with E-state index in [1.54, 1.807) is 18.5 Å². The Balaban J connectivity index is 1.51. The molecule has 0 spiro atoms. The summed E-state index contributed by atoms with van der Waals surface area (Å²) >= 11 is 0. The number of benzene rings is 1. The fourth-order valence-corrected chi connectivity index (χ4v) is 3.27. The Bertz CT molecular complexity index is 1160. The largest absolute Gasteiger partial charge is 0.453 e. The molecule has 0 bridgehead atoms. The Kier molecular flexibility index (Phi) is 6.89. The van der Waals surface area contributed by atoms with Gasteiger partial charge in [0.2, 0.25) is 5.91 Å². The molecule has 9 nitrogen and oxygen atoms in total. The second-order valence-corrected chi connectivity index (χ2v) is 7.91.